The highest BCUT2D eigenvalue weighted by Crippen LogP contribution is 2.49. The molecule has 4 unspecified atom stereocenters. The Labute approximate surface area is 93.8 Å². The molecule has 88 valence electrons. The molecule has 0 aromatic heterocycles. The standard InChI is InChI=1S/C13H26N2/c1-8(14)12-5-3-10-7-11(10)4-6-13(12)9(2)15/h8-13H,3-7,14-15H2,1-2H3/t8?,9?,10-,11+,12?,13?. The highest BCUT2D eigenvalue weighted by Gasteiger charge is 2.41. The van der Waals surface area contributed by atoms with Crippen LogP contribution in [0.25, 0.3) is 0 Å². The molecule has 2 fully saturated rings. The van der Waals surface area contributed by atoms with Gasteiger partial charge in [-0.1, -0.05) is 0 Å². The Kier molecular flexibility index (Phi) is 3.36. The van der Waals surface area contributed by atoms with E-state index in [0.29, 0.717) is 23.9 Å². The first kappa shape index (κ1) is 11.4. The summed E-state index contributed by atoms with van der Waals surface area (Å²) in [5.74, 6) is 3.40. The molecule has 2 heteroatoms. The summed E-state index contributed by atoms with van der Waals surface area (Å²) in [7, 11) is 0. The summed E-state index contributed by atoms with van der Waals surface area (Å²) >= 11 is 0. The average molecular weight is 210 g/mol. The SMILES string of the molecule is CC(N)C1CC[C@@H]2C[C@@H]2CCC1C(C)N. The zero-order valence-corrected chi connectivity index (χ0v) is 10.2. The molecular formula is C13H26N2. The predicted molar refractivity (Wildman–Crippen MR) is 64.3 cm³/mol. The van der Waals surface area contributed by atoms with Gasteiger partial charge in [-0.25, -0.2) is 0 Å². The van der Waals surface area contributed by atoms with Crippen LogP contribution in [0.15, 0.2) is 0 Å². The van der Waals surface area contributed by atoms with Gasteiger partial charge in [0.2, 0.25) is 0 Å². The molecule has 4 N–H and O–H groups in total. The fraction of sp³-hybridized carbons (Fsp3) is 1.00. The van der Waals surface area contributed by atoms with Crippen molar-refractivity contribution in [2.24, 2.45) is 35.1 Å². The van der Waals surface area contributed by atoms with Crippen LogP contribution in [-0.2, 0) is 0 Å². The molecule has 0 aromatic rings. The van der Waals surface area contributed by atoms with Crippen LogP contribution >= 0.6 is 0 Å². The van der Waals surface area contributed by atoms with E-state index in [1.165, 1.54) is 32.1 Å². The molecule has 2 saturated carbocycles. The third-order valence-electron chi connectivity index (χ3n) is 4.71. The second-order valence-corrected chi connectivity index (χ2v) is 5.96. The summed E-state index contributed by atoms with van der Waals surface area (Å²) < 4.78 is 0. The van der Waals surface area contributed by atoms with Gasteiger partial charge in [-0.2, -0.15) is 0 Å². The smallest absolute Gasteiger partial charge is 0.00419 e. The van der Waals surface area contributed by atoms with E-state index >= 15 is 0 Å². The summed E-state index contributed by atoms with van der Waals surface area (Å²) in [4.78, 5) is 0. The first-order chi connectivity index (χ1) is 7.09. The van der Waals surface area contributed by atoms with Crippen molar-refractivity contribution in [3.8, 4) is 0 Å². The van der Waals surface area contributed by atoms with Gasteiger partial charge in [-0.3, -0.25) is 0 Å². The topological polar surface area (TPSA) is 52.0 Å². The highest BCUT2D eigenvalue weighted by molar-refractivity contribution is 4.93. The highest BCUT2D eigenvalue weighted by atomic mass is 14.7. The lowest BCUT2D eigenvalue weighted by molar-refractivity contribution is 0.201. The molecule has 0 aliphatic heterocycles. The van der Waals surface area contributed by atoms with Gasteiger partial charge in [0, 0.05) is 12.1 Å². The molecule has 2 aliphatic rings. The number of nitrogens with two attached hydrogens (primary N) is 2. The predicted octanol–water partition coefficient (Wildman–Crippen LogP) is 2.12. The normalized spacial score (nSPS) is 44.8. The van der Waals surface area contributed by atoms with Gasteiger partial charge in [0.1, 0.15) is 0 Å². The van der Waals surface area contributed by atoms with Gasteiger partial charge in [0.15, 0.2) is 0 Å². The van der Waals surface area contributed by atoms with Crippen molar-refractivity contribution in [1.29, 1.82) is 0 Å². The van der Waals surface area contributed by atoms with Gasteiger partial charge in [0.05, 0.1) is 0 Å². The first-order valence-corrected chi connectivity index (χ1v) is 6.60. The van der Waals surface area contributed by atoms with Gasteiger partial charge in [-0.05, 0) is 69.6 Å². The van der Waals surface area contributed by atoms with Crippen LogP contribution in [0.1, 0.15) is 46.0 Å². The Bertz CT molecular complexity index is 191. The summed E-state index contributed by atoms with van der Waals surface area (Å²) in [6, 6.07) is 0.632. The summed E-state index contributed by atoms with van der Waals surface area (Å²) in [5.41, 5.74) is 12.2. The number of hydrogen-bond donors (Lipinski definition) is 2. The van der Waals surface area contributed by atoms with Gasteiger partial charge in [0.25, 0.3) is 0 Å². The Morgan fingerprint density at radius 2 is 1.20 bits per heavy atom. The maximum absolute atomic E-state index is 6.12. The molecule has 0 amide bonds. The van der Waals surface area contributed by atoms with Crippen LogP contribution in [0.4, 0.5) is 0 Å². The maximum Gasteiger partial charge on any atom is 0.00419 e. The molecule has 0 aromatic carbocycles. The fourth-order valence-electron chi connectivity index (χ4n) is 3.56. The largest absolute Gasteiger partial charge is 0.328 e. The molecule has 2 nitrogen and oxygen atoms in total. The van der Waals surface area contributed by atoms with E-state index in [1.807, 2.05) is 0 Å². The molecule has 15 heavy (non-hydrogen) atoms. The minimum Gasteiger partial charge on any atom is -0.328 e. The number of rotatable bonds is 2. The summed E-state index contributed by atoms with van der Waals surface area (Å²) in [5, 5.41) is 0. The van der Waals surface area contributed by atoms with Crippen molar-refractivity contribution in [2.75, 3.05) is 0 Å². The Hall–Kier alpha value is -0.0800. The molecule has 6 atom stereocenters. The van der Waals surface area contributed by atoms with Gasteiger partial charge >= 0.3 is 0 Å². The molecule has 0 bridgehead atoms. The lowest BCUT2D eigenvalue weighted by Gasteiger charge is -2.34. The molecular weight excluding hydrogens is 184 g/mol. The lowest BCUT2D eigenvalue weighted by Crippen LogP contribution is -2.41. The lowest BCUT2D eigenvalue weighted by atomic mass is 9.75. The minimum absolute atomic E-state index is 0.316. The van der Waals surface area contributed by atoms with Crippen molar-refractivity contribution < 1.29 is 0 Å². The zero-order chi connectivity index (χ0) is 11.0. The van der Waals surface area contributed by atoms with Crippen molar-refractivity contribution in [1.82, 2.24) is 0 Å². The molecule has 0 spiro atoms. The third-order valence-corrected chi connectivity index (χ3v) is 4.71. The minimum atomic E-state index is 0.316. The van der Waals surface area contributed by atoms with Crippen molar-refractivity contribution in [2.45, 2.75) is 58.0 Å². The van der Waals surface area contributed by atoms with Gasteiger partial charge in [-0.15, -0.1) is 0 Å². The van der Waals surface area contributed by atoms with E-state index in [1.54, 1.807) is 0 Å². The molecule has 0 saturated heterocycles. The Balaban J connectivity index is 2.01. The maximum atomic E-state index is 6.12. The monoisotopic (exact) mass is 210 g/mol. The Morgan fingerprint density at radius 1 is 0.800 bits per heavy atom. The first-order valence-electron chi connectivity index (χ1n) is 6.60. The van der Waals surface area contributed by atoms with Gasteiger partial charge < -0.3 is 11.5 Å². The third kappa shape index (κ3) is 2.54. The van der Waals surface area contributed by atoms with Crippen LogP contribution in [-0.4, -0.2) is 12.1 Å². The average Bonchev–Trinajstić information content (AvgIpc) is 2.81. The molecule has 2 aliphatic carbocycles. The van der Waals surface area contributed by atoms with E-state index in [9.17, 15) is 0 Å². The van der Waals surface area contributed by atoms with E-state index < -0.39 is 0 Å². The number of fused-ring (bicyclic) bond motifs is 1. The summed E-state index contributed by atoms with van der Waals surface area (Å²) in [6.07, 6.45) is 6.91. The second-order valence-electron chi connectivity index (χ2n) is 5.96. The Morgan fingerprint density at radius 3 is 1.53 bits per heavy atom. The van der Waals surface area contributed by atoms with Crippen molar-refractivity contribution >= 4 is 0 Å². The quantitative estimate of drug-likeness (QED) is 0.733. The van der Waals surface area contributed by atoms with E-state index in [-0.39, 0.29) is 0 Å². The zero-order valence-electron chi connectivity index (χ0n) is 10.2. The molecule has 0 radical (unpaired) electrons. The van der Waals surface area contributed by atoms with E-state index in [4.69, 9.17) is 11.5 Å². The van der Waals surface area contributed by atoms with Crippen LogP contribution in [0.3, 0.4) is 0 Å². The molecule has 0 heterocycles. The van der Waals surface area contributed by atoms with Crippen LogP contribution in [0, 0.1) is 23.7 Å². The van der Waals surface area contributed by atoms with Crippen LogP contribution < -0.4 is 11.5 Å². The number of hydrogen-bond acceptors (Lipinski definition) is 2. The van der Waals surface area contributed by atoms with E-state index in [0.717, 1.165) is 11.8 Å². The van der Waals surface area contributed by atoms with Crippen LogP contribution in [0.5, 0.6) is 0 Å². The van der Waals surface area contributed by atoms with E-state index in [2.05, 4.69) is 13.8 Å². The van der Waals surface area contributed by atoms with Crippen molar-refractivity contribution in [3.05, 3.63) is 0 Å². The second kappa shape index (κ2) is 4.42. The fourth-order valence-corrected chi connectivity index (χ4v) is 3.56. The molecule has 2 rings (SSSR count). The summed E-state index contributed by atoms with van der Waals surface area (Å²) in [6.45, 7) is 4.32. The van der Waals surface area contributed by atoms with Crippen molar-refractivity contribution in [3.63, 3.8) is 0 Å². The van der Waals surface area contributed by atoms with Crippen LogP contribution in [0.2, 0.25) is 0 Å².